The third-order valence-electron chi connectivity index (χ3n) is 5.78. The molecule has 1 aliphatic heterocycles. The molecular weight excluding hydrogens is 390 g/mol. The van der Waals surface area contributed by atoms with E-state index in [0.717, 1.165) is 42.6 Å². The summed E-state index contributed by atoms with van der Waals surface area (Å²) < 4.78 is 0. The number of fused-ring (bicyclic) bond motifs is 1. The van der Waals surface area contributed by atoms with Gasteiger partial charge in [0, 0.05) is 24.0 Å². The molecule has 2 aliphatic rings. The van der Waals surface area contributed by atoms with E-state index in [1.807, 2.05) is 12.1 Å². The van der Waals surface area contributed by atoms with Crippen LogP contribution in [-0.2, 0) is 24.3 Å². The Kier molecular flexibility index (Phi) is 6.04. The largest absolute Gasteiger partial charge is 0.350 e. The van der Waals surface area contributed by atoms with Crippen molar-refractivity contribution in [3.8, 4) is 0 Å². The van der Waals surface area contributed by atoms with E-state index >= 15 is 0 Å². The molecule has 3 amide bonds. The first-order valence-corrected chi connectivity index (χ1v) is 10.6. The average Bonchev–Trinajstić information content (AvgIpc) is 3.20. The van der Waals surface area contributed by atoms with Crippen molar-refractivity contribution in [1.29, 1.82) is 0 Å². The molecule has 8 heteroatoms. The van der Waals surface area contributed by atoms with Crippen LogP contribution in [0.5, 0.6) is 0 Å². The van der Waals surface area contributed by atoms with Crippen molar-refractivity contribution >= 4 is 23.5 Å². The normalized spacial score (nSPS) is 19.5. The first kappa shape index (κ1) is 19.8. The number of aromatic nitrogens is 2. The van der Waals surface area contributed by atoms with Crippen molar-refractivity contribution in [2.75, 3.05) is 0 Å². The van der Waals surface area contributed by atoms with Gasteiger partial charge in [-0.05, 0) is 30.5 Å². The zero-order valence-electron chi connectivity index (χ0n) is 16.3. The highest BCUT2D eigenvalue weighted by molar-refractivity contribution is 6.30. The van der Waals surface area contributed by atoms with Crippen molar-refractivity contribution in [2.24, 2.45) is 0 Å². The summed E-state index contributed by atoms with van der Waals surface area (Å²) in [6.45, 7) is 0.741. The predicted octanol–water partition coefficient (Wildman–Crippen LogP) is 3.15. The molecule has 1 atom stereocenters. The first-order valence-electron chi connectivity index (χ1n) is 10.2. The van der Waals surface area contributed by atoms with Gasteiger partial charge in [-0.2, -0.15) is 0 Å². The minimum Gasteiger partial charge on any atom is -0.350 e. The molecule has 1 saturated carbocycles. The number of hydrogen-bond donors (Lipinski definition) is 3. The molecule has 1 aromatic heterocycles. The first-order chi connectivity index (χ1) is 14.1. The smallest absolute Gasteiger partial charge is 0.318 e. The fraction of sp³-hybridized carbons (Fsp3) is 0.476. The Balaban J connectivity index is 1.44. The molecule has 3 N–H and O–H groups in total. The molecule has 2 heterocycles. The number of amides is 3. The van der Waals surface area contributed by atoms with E-state index in [1.165, 1.54) is 6.42 Å². The average molecular weight is 416 g/mol. The molecular formula is C21H26ClN5O2. The van der Waals surface area contributed by atoms with Crippen LogP contribution in [0, 0.1) is 0 Å². The number of urea groups is 1. The van der Waals surface area contributed by atoms with Crippen LogP contribution < -0.4 is 10.6 Å². The highest BCUT2D eigenvalue weighted by Crippen LogP contribution is 2.23. The van der Waals surface area contributed by atoms with Gasteiger partial charge in [-0.1, -0.05) is 43.0 Å². The summed E-state index contributed by atoms with van der Waals surface area (Å²) in [5.74, 6) is -0.174. The minimum atomic E-state index is -0.582. The number of imidazole rings is 1. The summed E-state index contributed by atoms with van der Waals surface area (Å²) in [5, 5.41) is 6.75. The van der Waals surface area contributed by atoms with Gasteiger partial charge in [0.25, 0.3) is 0 Å². The lowest BCUT2D eigenvalue weighted by Crippen LogP contribution is -2.56. The number of nitrogens with one attached hydrogen (secondary N) is 3. The van der Waals surface area contributed by atoms with Crippen molar-refractivity contribution in [2.45, 2.75) is 63.7 Å². The number of nitrogens with zero attached hydrogens (tertiary/aromatic N) is 2. The van der Waals surface area contributed by atoms with E-state index in [-0.39, 0.29) is 18.0 Å². The third kappa shape index (κ3) is 4.72. The zero-order chi connectivity index (χ0) is 20.2. The summed E-state index contributed by atoms with van der Waals surface area (Å²) in [6.07, 6.45) is 7.54. The highest BCUT2D eigenvalue weighted by atomic mass is 35.5. The van der Waals surface area contributed by atoms with Gasteiger partial charge in [-0.3, -0.25) is 4.79 Å². The summed E-state index contributed by atoms with van der Waals surface area (Å²) in [4.78, 5) is 35.0. The van der Waals surface area contributed by atoms with E-state index in [4.69, 9.17) is 11.6 Å². The molecule has 0 spiro atoms. The second-order valence-electron chi connectivity index (χ2n) is 7.80. The molecule has 0 saturated heterocycles. The molecule has 4 rings (SSSR count). The number of carbonyl (C=O) groups is 2. The Bertz CT molecular complexity index is 860. The standard InChI is InChI=1S/C21H26ClN5O2/c22-15-8-6-14(7-9-15)11-23-20(28)19-10-17-18(25-13-24-17)12-27(19)21(29)26-16-4-2-1-3-5-16/h6-9,13,16,19H,1-5,10-12H2,(H,23,28)(H,24,25)(H,26,29). The second kappa shape index (κ2) is 8.86. The van der Waals surface area contributed by atoms with Gasteiger partial charge in [-0.25, -0.2) is 9.78 Å². The molecule has 29 heavy (non-hydrogen) atoms. The molecule has 1 aliphatic carbocycles. The maximum atomic E-state index is 13.0. The molecule has 154 valence electrons. The van der Waals surface area contributed by atoms with E-state index in [0.29, 0.717) is 24.5 Å². The summed E-state index contributed by atoms with van der Waals surface area (Å²) in [6, 6.07) is 6.78. The number of hydrogen-bond acceptors (Lipinski definition) is 3. The van der Waals surface area contributed by atoms with Gasteiger partial charge in [0.2, 0.25) is 5.91 Å². The van der Waals surface area contributed by atoms with Gasteiger partial charge >= 0.3 is 6.03 Å². The van der Waals surface area contributed by atoms with Crippen molar-refractivity contribution in [3.05, 3.63) is 52.6 Å². The lowest BCUT2D eigenvalue weighted by molar-refractivity contribution is -0.126. The fourth-order valence-electron chi connectivity index (χ4n) is 4.10. The van der Waals surface area contributed by atoms with Crippen LogP contribution in [-0.4, -0.2) is 38.9 Å². The topological polar surface area (TPSA) is 90.1 Å². The Morgan fingerprint density at radius 2 is 1.93 bits per heavy atom. The second-order valence-corrected chi connectivity index (χ2v) is 8.24. The number of H-pyrrole nitrogens is 1. The van der Waals surface area contributed by atoms with E-state index in [1.54, 1.807) is 23.4 Å². The van der Waals surface area contributed by atoms with Gasteiger partial charge in [-0.15, -0.1) is 0 Å². The summed E-state index contributed by atoms with van der Waals surface area (Å²) >= 11 is 5.92. The fourth-order valence-corrected chi connectivity index (χ4v) is 4.22. The molecule has 7 nitrogen and oxygen atoms in total. The number of halogens is 1. The Morgan fingerprint density at radius 3 is 2.69 bits per heavy atom. The van der Waals surface area contributed by atoms with Crippen LogP contribution in [0.25, 0.3) is 0 Å². The lowest BCUT2D eigenvalue weighted by atomic mass is 9.95. The van der Waals surface area contributed by atoms with Crippen LogP contribution in [0.3, 0.4) is 0 Å². The van der Waals surface area contributed by atoms with Crippen LogP contribution >= 0.6 is 11.6 Å². The monoisotopic (exact) mass is 415 g/mol. The van der Waals surface area contributed by atoms with Crippen LogP contribution in [0.15, 0.2) is 30.6 Å². The quantitative estimate of drug-likeness (QED) is 0.716. The maximum absolute atomic E-state index is 13.0. The van der Waals surface area contributed by atoms with Gasteiger partial charge in [0.1, 0.15) is 6.04 Å². The van der Waals surface area contributed by atoms with Crippen LogP contribution in [0.4, 0.5) is 4.79 Å². The number of carbonyl (C=O) groups excluding carboxylic acids is 2. The number of aromatic amines is 1. The van der Waals surface area contributed by atoms with E-state index < -0.39 is 6.04 Å². The molecule has 2 aromatic rings. The maximum Gasteiger partial charge on any atom is 0.318 e. The molecule has 0 radical (unpaired) electrons. The third-order valence-corrected chi connectivity index (χ3v) is 6.03. The Labute approximate surface area is 175 Å². The van der Waals surface area contributed by atoms with Crippen molar-refractivity contribution in [3.63, 3.8) is 0 Å². The minimum absolute atomic E-state index is 0.174. The van der Waals surface area contributed by atoms with Crippen LogP contribution in [0.2, 0.25) is 5.02 Å². The van der Waals surface area contributed by atoms with Crippen molar-refractivity contribution in [1.82, 2.24) is 25.5 Å². The molecule has 1 unspecified atom stereocenters. The molecule has 1 fully saturated rings. The lowest BCUT2D eigenvalue weighted by Gasteiger charge is -2.35. The highest BCUT2D eigenvalue weighted by Gasteiger charge is 2.36. The predicted molar refractivity (Wildman–Crippen MR) is 110 cm³/mol. The van der Waals surface area contributed by atoms with Gasteiger partial charge < -0.3 is 20.5 Å². The summed E-state index contributed by atoms with van der Waals surface area (Å²) in [5.41, 5.74) is 2.70. The van der Waals surface area contributed by atoms with Gasteiger partial charge in [0.15, 0.2) is 0 Å². The molecule has 1 aromatic carbocycles. The summed E-state index contributed by atoms with van der Waals surface area (Å²) in [7, 11) is 0. The number of rotatable bonds is 4. The SMILES string of the molecule is O=C(NCc1ccc(Cl)cc1)C1Cc2nc[nH]c2CN1C(=O)NC1CCCCC1. The van der Waals surface area contributed by atoms with E-state index in [9.17, 15) is 9.59 Å². The zero-order valence-corrected chi connectivity index (χ0v) is 17.0. The van der Waals surface area contributed by atoms with Crippen molar-refractivity contribution < 1.29 is 9.59 Å². The Hall–Kier alpha value is -2.54. The molecule has 0 bridgehead atoms. The number of benzene rings is 1. The Morgan fingerprint density at radius 1 is 1.17 bits per heavy atom. The van der Waals surface area contributed by atoms with E-state index in [2.05, 4.69) is 20.6 Å². The van der Waals surface area contributed by atoms with Crippen LogP contribution in [0.1, 0.15) is 49.1 Å². The van der Waals surface area contributed by atoms with Gasteiger partial charge in [0.05, 0.1) is 24.3 Å².